The molecule has 0 aliphatic carbocycles. The molecule has 1 atom stereocenters. The Hall–Kier alpha value is -3.03. The van der Waals surface area contributed by atoms with Gasteiger partial charge in [0.05, 0.1) is 4.92 Å². The van der Waals surface area contributed by atoms with Gasteiger partial charge in [0.2, 0.25) is 5.91 Å². The number of nitro groups is 1. The molecule has 162 valence electrons. The SMILES string of the molecule is CCCCCCCC(CCC(=O)Nc1ccc(C)cc1[N+](=O)[O-])N1C(=O)C=CC1=O. The highest BCUT2D eigenvalue weighted by Crippen LogP contribution is 2.26. The summed E-state index contributed by atoms with van der Waals surface area (Å²) in [5.74, 6) is -1.09. The van der Waals surface area contributed by atoms with E-state index in [-0.39, 0.29) is 41.6 Å². The lowest BCUT2D eigenvalue weighted by molar-refractivity contribution is -0.384. The number of nitrogens with zero attached hydrogens (tertiary/aromatic N) is 2. The van der Waals surface area contributed by atoms with Crippen molar-refractivity contribution in [2.45, 2.75) is 71.3 Å². The lowest BCUT2D eigenvalue weighted by Gasteiger charge is -2.26. The Morgan fingerprint density at radius 2 is 1.77 bits per heavy atom. The van der Waals surface area contributed by atoms with Crippen molar-refractivity contribution >= 4 is 29.1 Å². The van der Waals surface area contributed by atoms with Gasteiger partial charge < -0.3 is 5.32 Å². The van der Waals surface area contributed by atoms with Crippen molar-refractivity contribution in [1.82, 2.24) is 4.90 Å². The topological polar surface area (TPSA) is 110 Å². The van der Waals surface area contributed by atoms with Gasteiger partial charge in [0.15, 0.2) is 0 Å². The summed E-state index contributed by atoms with van der Waals surface area (Å²) in [6.07, 6.45) is 8.77. The van der Waals surface area contributed by atoms with E-state index < -0.39 is 4.92 Å². The zero-order valence-electron chi connectivity index (χ0n) is 17.6. The van der Waals surface area contributed by atoms with E-state index in [0.717, 1.165) is 37.7 Å². The molecule has 0 spiro atoms. The number of amides is 3. The standard InChI is InChI=1S/C22H29N3O5/c1-3-4-5-6-7-8-17(24-21(27)13-14-22(24)28)10-12-20(26)23-18-11-9-16(2)15-19(18)25(29)30/h9,11,13-15,17H,3-8,10,12H2,1-2H3,(H,23,26). The number of unbranched alkanes of at least 4 members (excludes halogenated alkanes) is 4. The maximum absolute atomic E-state index is 12.4. The number of nitro benzene ring substituents is 1. The third-order valence-corrected chi connectivity index (χ3v) is 5.18. The van der Waals surface area contributed by atoms with Crippen molar-refractivity contribution in [3.8, 4) is 0 Å². The zero-order valence-corrected chi connectivity index (χ0v) is 17.6. The van der Waals surface area contributed by atoms with Crippen LogP contribution in [0, 0.1) is 17.0 Å². The van der Waals surface area contributed by atoms with Crippen LogP contribution >= 0.6 is 0 Å². The van der Waals surface area contributed by atoms with Crippen LogP contribution in [0.1, 0.15) is 63.9 Å². The fourth-order valence-electron chi connectivity index (χ4n) is 3.57. The minimum absolute atomic E-state index is 0.0573. The molecule has 1 unspecified atom stereocenters. The van der Waals surface area contributed by atoms with Crippen LogP contribution in [-0.2, 0) is 14.4 Å². The molecule has 1 aliphatic rings. The quantitative estimate of drug-likeness (QED) is 0.237. The summed E-state index contributed by atoms with van der Waals surface area (Å²) in [4.78, 5) is 48.5. The smallest absolute Gasteiger partial charge is 0.293 e. The second-order valence-electron chi connectivity index (χ2n) is 7.60. The fourth-order valence-corrected chi connectivity index (χ4v) is 3.57. The second-order valence-corrected chi connectivity index (χ2v) is 7.60. The van der Waals surface area contributed by atoms with Crippen LogP contribution < -0.4 is 5.32 Å². The molecule has 8 nitrogen and oxygen atoms in total. The molecule has 0 saturated carbocycles. The van der Waals surface area contributed by atoms with E-state index in [2.05, 4.69) is 12.2 Å². The molecule has 0 saturated heterocycles. The van der Waals surface area contributed by atoms with Gasteiger partial charge >= 0.3 is 0 Å². The molecule has 0 radical (unpaired) electrons. The van der Waals surface area contributed by atoms with E-state index in [1.165, 1.54) is 29.2 Å². The van der Waals surface area contributed by atoms with Crippen molar-refractivity contribution < 1.29 is 19.3 Å². The molecular formula is C22H29N3O5. The number of hydrogen-bond donors (Lipinski definition) is 1. The first-order valence-electron chi connectivity index (χ1n) is 10.4. The van der Waals surface area contributed by atoms with Gasteiger partial charge in [-0.05, 0) is 31.4 Å². The maximum Gasteiger partial charge on any atom is 0.293 e. The number of aryl methyl sites for hydroxylation is 1. The molecule has 0 fully saturated rings. The van der Waals surface area contributed by atoms with Gasteiger partial charge in [-0.25, -0.2) is 0 Å². The Kier molecular flexibility index (Phi) is 8.70. The van der Waals surface area contributed by atoms with Gasteiger partial charge in [-0.1, -0.05) is 45.1 Å². The van der Waals surface area contributed by atoms with Crippen molar-refractivity contribution in [2.75, 3.05) is 5.32 Å². The van der Waals surface area contributed by atoms with Crippen molar-refractivity contribution in [1.29, 1.82) is 0 Å². The molecule has 1 aromatic rings. The average molecular weight is 415 g/mol. The lowest BCUT2D eigenvalue weighted by atomic mass is 10.0. The first-order valence-corrected chi connectivity index (χ1v) is 10.4. The van der Waals surface area contributed by atoms with Crippen LogP contribution in [0.3, 0.4) is 0 Å². The summed E-state index contributed by atoms with van der Waals surface area (Å²) in [5, 5.41) is 13.8. The third-order valence-electron chi connectivity index (χ3n) is 5.18. The number of benzene rings is 1. The largest absolute Gasteiger partial charge is 0.320 e. The molecule has 1 aromatic carbocycles. The summed E-state index contributed by atoms with van der Waals surface area (Å²) >= 11 is 0. The molecule has 2 rings (SSSR count). The molecule has 1 heterocycles. The van der Waals surface area contributed by atoms with E-state index in [9.17, 15) is 24.5 Å². The Bertz CT molecular complexity index is 816. The Labute approximate surface area is 176 Å². The minimum atomic E-state index is -0.533. The maximum atomic E-state index is 12.4. The van der Waals surface area contributed by atoms with Gasteiger partial charge in [-0.2, -0.15) is 0 Å². The Balaban J connectivity index is 1.98. The first-order chi connectivity index (χ1) is 14.3. The molecule has 1 aliphatic heterocycles. The monoisotopic (exact) mass is 415 g/mol. The summed E-state index contributed by atoms with van der Waals surface area (Å²) in [6, 6.07) is 4.24. The summed E-state index contributed by atoms with van der Waals surface area (Å²) in [6.45, 7) is 3.87. The van der Waals surface area contributed by atoms with Crippen molar-refractivity contribution in [3.63, 3.8) is 0 Å². The Morgan fingerprint density at radius 1 is 1.10 bits per heavy atom. The first kappa shape index (κ1) is 23.3. The number of carbonyl (C=O) groups excluding carboxylic acids is 3. The van der Waals surface area contributed by atoms with E-state index in [0.29, 0.717) is 12.8 Å². The number of imide groups is 1. The van der Waals surface area contributed by atoms with Gasteiger partial charge in [0.25, 0.3) is 17.5 Å². The summed E-state index contributed by atoms with van der Waals surface area (Å²) in [7, 11) is 0. The predicted octanol–water partition coefficient (Wildman–Crippen LogP) is 4.28. The van der Waals surface area contributed by atoms with Crippen LogP contribution in [0.15, 0.2) is 30.4 Å². The predicted molar refractivity (Wildman–Crippen MR) is 114 cm³/mol. The highest BCUT2D eigenvalue weighted by atomic mass is 16.6. The van der Waals surface area contributed by atoms with Gasteiger partial charge in [-0.15, -0.1) is 0 Å². The number of rotatable bonds is 12. The molecule has 8 heteroatoms. The van der Waals surface area contributed by atoms with E-state index in [1.807, 2.05) is 0 Å². The van der Waals surface area contributed by atoms with E-state index in [1.54, 1.807) is 13.0 Å². The molecule has 1 N–H and O–H groups in total. The van der Waals surface area contributed by atoms with Gasteiger partial charge in [0.1, 0.15) is 5.69 Å². The van der Waals surface area contributed by atoms with Crippen molar-refractivity contribution in [3.05, 3.63) is 46.0 Å². The van der Waals surface area contributed by atoms with Crippen LogP contribution in [0.4, 0.5) is 11.4 Å². The number of nitrogens with one attached hydrogen (secondary N) is 1. The molecule has 30 heavy (non-hydrogen) atoms. The van der Waals surface area contributed by atoms with Crippen molar-refractivity contribution in [2.24, 2.45) is 0 Å². The van der Waals surface area contributed by atoms with Crippen LogP contribution in [-0.4, -0.2) is 33.6 Å². The molecular weight excluding hydrogens is 386 g/mol. The number of carbonyl (C=O) groups is 3. The fraction of sp³-hybridized carbons (Fsp3) is 0.500. The zero-order chi connectivity index (χ0) is 22.1. The highest BCUT2D eigenvalue weighted by Gasteiger charge is 2.31. The number of anilines is 1. The normalized spacial score (nSPS) is 14.3. The van der Waals surface area contributed by atoms with E-state index >= 15 is 0 Å². The lowest BCUT2D eigenvalue weighted by Crippen LogP contribution is -2.40. The van der Waals surface area contributed by atoms with Crippen LogP contribution in [0.5, 0.6) is 0 Å². The summed E-state index contributed by atoms with van der Waals surface area (Å²) < 4.78 is 0. The summed E-state index contributed by atoms with van der Waals surface area (Å²) in [5.41, 5.74) is 0.702. The minimum Gasteiger partial charge on any atom is -0.320 e. The van der Waals surface area contributed by atoms with Crippen LogP contribution in [0.25, 0.3) is 0 Å². The van der Waals surface area contributed by atoms with Crippen LogP contribution in [0.2, 0.25) is 0 Å². The van der Waals surface area contributed by atoms with E-state index in [4.69, 9.17) is 0 Å². The Morgan fingerprint density at radius 3 is 2.40 bits per heavy atom. The van der Waals surface area contributed by atoms with Gasteiger partial charge in [-0.3, -0.25) is 29.4 Å². The van der Waals surface area contributed by atoms with Gasteiger partial charge in [0, 0.05) is 30.7 Å². The third kappa shape index (κ3) is 6.50. The molecule has 0 aromatic heterocycles. The second kappa shape index (κ2) is 11.2. The average Bonchev–Trinajstić information content (AvgIpc) is 3.03. The highest BCUT2D eigenvalue weighted by molar-refractivity contribution is 6.13. The molecule has 0 bridgehead atoms. The number of hydrogen-bond acceptors (Lipinski definition) is 5. The molecule has 3 amide bonds.